The number of ketones is 1. The first-order valence-corrected chi connectivity index (χ1v) is 23.4. The predicted octanol–water partition coefficient (Wildman–Crippen LogP) is 1.90. The molecule has 1 aromatic heterocycles. The number of carbonyl (C=O) groups excluding carboxylic acids is 2. The Kier molecular flexibility index (Phi) is 22.8. The number of hydrogen-bond donors (Lipinski definition) is 4. The average Bonchev–Trinajstić information content (AvgIpc) is 3.70. The fourth-order valence-corrected chi connectivity index (χ4v) is 9.22. The Balaban J connectivity index is 1.69. The van der Waals surface area contributed by atoms with Crippen molar-refractivity contribution in [3.8, 4) is 0 Å². The van der Waals surface area contributed by atoms with Gasteiger partial charge >= 0.3 is 5.97 Å². The third-order valence-electron chi connectivity index (χ3n) is 13.1. The van der Waals surface area contributed by atoms with Crippen LogP contribution in [0.25, 0.3) is 0 Å². The maximum absolute atomic E-state index is 14.0. The van der Waals surface area contributed by atoms with E-state index in [1.807, 2.05) is 40.7 Å². The predicted molar refractivity (Wildman–Crippen MR) is 241 cm³/mol. The van der Waals surface area contributed by atoms with E-state index in [0.717, 1.165) is 4.59 Å². The third kappa shape index (κ3) is 15.2. The lowest BCUT2D eigenvalue weighted by molar-refractivity contribution is -0.307. The van der Waals surface area contributed by atoms with Crippen molar-refractivity contribution < 1.29 is 72.6 Å². The summed E-state index contributed by atoms with van der Waals surface area (Å²) in [6, 6.07) is -0.850. The maximum atomic E-state index is 14.0. The summed E-state index contributed by atoms with van der Waals surface area (Å²) >= 11 is 0. The molecule has 20 heteroatoms. The van der Waals surface area contributed by atoms with Crippen LogP contribution in [0.15, 0.2) is 30.0 Å². The smallest absolute Gasteiger partial charge is 0.308 e. The molecule has 4 rings (SSSR count). The molecule has 4 heterocycles. The van der Waals surface area contributed by atoms with E-state index in [1.165, 1.54) is 20.3 Å². The van der Waals surface area contributed by atoms with Crippen LogP contribution in [0.3, 0.4) is 0 Å². The fraction of sp³-hybridized carbons (Fsp3) is 0.826. The van der Waals surface area contributed by atoms with Gasteiger partial charge in [0.15, 0.2) is 24.7 Å². The molecular formula is C46H77BN4O15. The van der Waals surface area contributed by atoms with Crippen molar-refractivity contribution in [2.24, 2.45) is 23.7 Å². The first-order chi connectivity index (χ1) is 31.4. The van der Waals surface area contributed by atoms with Gasteiger partial charge in [-0.2, -0.15) is 0 Å². The molecule has 2 saturated heterocycles. The minimum atomic E-state index is -1.38. The molecule has 66 heavy (non-hydrogen) atoms. The first kappa shape index (κ1) is 55.9. The fourth-order valence-electron chi connectivity index (χ4n) is 9.22. The summed E-state index contributed by atoms with van der Waals surface area (Å²) in [6.45, 7) is 15.4. The minimum Gasteiger partial charge on any atom is -0.462 e. The van der Waals surface area contributed by atoms with Gasteiger partial charge in [0.2, 0.25) is 0 Å². The SMILES string of the molecule is [B]n1cc(CCN(C)C2C(O)C(C)OC(O[C@H]3[C@@H](CC(OCC)OCC)C[C@@H](C)C(=O)/C=C/C(C)=C/[C@H](COC4OC(C)C(O)C(OC)C4OC)[C@@H](CC)OC(=O)C[C@@H](O)[C@@H]3C)C2O)nn1. The standard InChI is InChI=1S/C46H77BN4O15/c1-12-35-31(24-62-46-44(59-11)43(58-10)40(56)29(8)64-46)19-25(4)15-16-33(52)26(5)20-30(21-37(60-13-2)61-14-3)42(27(6)34(53)22-36(54)65-35)66-45-41(57)38(39(55)28(7)63-45)50(9)18-17-32-23-51(47)49-48-32/h15-16,19,23,26-31,34-35,37-46,53,55-57H,12-14,17-18,20-22,24H2,1-11H3/b16-15+,25-19+/t26-,27+,28?,29?,30-,31-,34-,35-,38?,39?,40?,41?,42-,43?,44?,45?,46?/m1/s1. The number of allylic oxidation sites excluding steroid dienone is 3. The molecule has 0 amide bonds. The van der Waals surface area contributed by atoms with E-state index in [4.69, 9.17) is 50.6 Å². The van der Waals surface area contributed by atoms with Crippen LogP contribution in [-0.4, -0.2) is 194 Å². The topological polar surface area (TPSA) is 232 Å². The average molecular weight is 937 g/mol. The Labute approximate surface area is 391 Å². The summed E-state index contributed by atoms with van der Waals surface area (Å²) < 4.78 is 55.8. The van der Waals surface area contributed by atoms with Crippen molar-refractivity contribution in [1.29, 1.82) is 0 Å². The monoisotopic (exact) mass is 937 g/mol. The van der Waals surface area contributed by atoms with Crippen LogP contribution in [0.4, 0.5) is 0 Å². The number of methoxy groups -OCH3 is 2. The third-order valence-corrected chi connectivity index (χ3v) is 13.1. The van der Waals surface area contributed by atoms with Crippen LogP contribution in [0.1, 0.15) is 86.8 Å². The highest BCUT2D eigenvalue weighted by molar-refractivity contribution is 6.05. The van der Waals surface area contributed by atoms with E-state index in [-0.39, 0.29) is 25.2 Å². The number of nitrogens with zero attached hydrogens (tertiary/aromatic N) is 4. The lowest BCUT2D eigenvalue weighted by Gasteiger charge is -2.47. The van der Waals surface area contributed by atoms with Gasteiger partial charge in [0.25, 0.3) is 7.98 Å². The molecule has 10 unspecified atom stereocenters. The molecule has 1 aromatic rings. The van der Waals surface area contributed by atoms with Crippen LogP contribution in [-0.2, 0) is 58.6 Å². The van der Waals surface area contributed by atoms with Crippen LogP contribution in [0.5, 0.6) is 0 Å². The van der Waals surface area contributed by atoms with Gasteiger partial charge in [0, 0.05) is 70.8 Å². The lowest BCUT2D eigenvalue weighted by atomic mass is 9.79. The number of ether oxygens (including phenoxy) is 9. The largest absolute Gasteiger partial charge is 0.462 e. The van der Waals surface area contributed by atoms with Crippen molar-refractivity contribution in [3.05, 3.63) is 35.7 Å². The molecule has 2 radical (unpaired) electrons. The minimum absolute atomic E-state index is 0.00476. The summed E-state index contributed by atoms with van der Waals surface area (Å²) in [5, 5.41) is 53.9. The van der Waals surface area contributed by atoms with Crippen LogP contribution in [0.2, 0.25) is 0 Å². The number of hydrogen-bond acceptors (Lipinski definition) is 18. The molecule has 0 saturated carbocycles. The highest BCUT2D eigenvalue weighted by atomic mass is 16.7. The molecule has 0 aliphatic carbocycles. The van der Waals surface area contributed by atoms with Crippen molar-refractivity contribution >= 4 is 19.7 Å². The van der Waals surface area contributed by atoms with E-state index in [2.05, 4.69) is 10.3 Å². The summed E-state index contributed by atoms with van der Waals surface area (Å²) in [5.74, 6) is -3.30. The van der Waals surface area contributed by atoms with E-state index >= 15 is 0 Å². The number of aromatic nitrogens is 3. The lowest BCUT2D eigenvalue weighted by Crippen LogP contribution is -2.64. The molecule has 4 N–H and O–H groups in total. The molecule has 19 nitrogen and oxygen atoms in total. The van der Waals surface area contributed by atoms with E-state index in [9.17, 15) is 30.0 Å². The number of aliphatic hydroxyl groups excluding tert-OH is 4. The zero-order valence-electron chi connectivity index (χ0n) is 40.7. The highest BCUT2D eigenvalue weighted by Gasteiger charge is 2.49. The number of esters is 1. The van der Waals surface area contributed by atoms with E-state index in [1.54, 1.807) is 45.0 Å². The van der Waals surface area contributed by atoms with Crippen molar-refractivity contribution in [2.45, 2.75) is 173 Å². The second kappa shape index (κ2) is 26.9. The Morgan fingerprint density at radius 3 is 2.17 bits per heavy atom. The summed E-state index contributed by atoms with van der Waals surface area (Å²) in [5.41, 5.74) is 1.33. The molecule has 2 fully saturated rings. The zero-order valence-corrected chi connectivity index (χ0v) is 40.7. The van der Waals surface area contributed by atoms with E-state index in [0.29, 0.717) is 43.9 Å². The molecule has 3 aliphatic rings. The molecule has 0 bridgehead atoms. The first-order valence-electron chi connectivity index (χ1n) is 23.4. The van der Waals surface area contributed by atoms with Crippen LogP contribution in [0, 0.1) is 23.7 Å². The molecule has 0 spiro atoms. The van der Waals surface area contributed by atoms with Gasteiger partial charge in [0.05, 0.1) is 55.3 Å². The van der Waals surface area contributed by atoms with Gasteiger partial charge in [-0.15, -0.1) is 5.10 Å². The Bertz CT molecular complexity index is 1680. The van der Waals surface area contributed by atoms with Crippen molar-refractivity contribution in [3.63, 3.8) is 0 Å². The number of aliphatic hydroxyl groups is 4. The maximum Gasteiger partial charge on any atom is 0.308 e. The quantitative estimate of drug-likeness (QED) is 0.0936. The Morgan fingerprint density at radius 2 is 1.56 bits per heavy atom. The molecule has 0 aromatic carbocycles. The molecule has 374 valence electrons. The number of cyclic esters (lactones) is 1. The van der Waals surface area contributed by atoms with Crippen LogP contribution >= 0.6 is 0 Å². The van der Waals surface area contributed by atoms with Gasteiger partial charge in [-0.1, -0.05) is 43.7 Å². The normalized spacial score (nSPS) is 38.0. The Hall–Kier alpha value is -2.70. The van der Waals surface area contributed by atoms with Crippen molar-refractivity contribution in [1.82, 2.24) is 19.8 Å². The number of carbonyl (C=O) groups is 2. The van der Waals surface area contributed by atoms with Gasteiger partial charge in [-0.05, 0) is 66.5 Å². The van der Waals surface area contributed by atoms with Gasteiger partial charge in [0.1, 0.15) is 30.5 Å². The molecule has 17 atom stereocenters. The molecular weight excluding hydrogens is 859 g/mol. The van der Waals surface area contributed by atoms with Gasteiger partial charge in [-0.25, -0.2) is 0 Å². The van der Waals surface area contributed by atoms with Crippen LogP contribution < -0.4 is 0 Å². The Morgan fingerprint density at radius 1 is 0.909 bits per heavy atom. The van der Waals surface area contributed by atoms with Crippen molar-refractivity contribution in [2.75, 3.05) is 47.6 Å². The number of rotatable bonds is 18. The highest BCUT2D eigenvalue weighted by Crippen LogP contribution is 2.36. The summed E-state index contributed by atoms with van der Waals surface area (Å²) in [4.78, 5) is 29.8. The second-order valence-corrected chi connectivity index (χ2v) is 18.0. The van der Waals surface area contributed by atoms with Gasteiger partial charge in [-0.3, -0.25) is 14.5 Å². The summed E-state index contributed by atoms with van der Waals surface area (Å²) in [6.07, 6.45) is -4.77. The number of likely N-dealkylation sites (N-methyl/N-ethyl adjacent to an activating group) is 1. The second-order valence-electron chi connectivity index (χ2n) is 18.0. The van der Waals surface area contributed by atoms with E-state index < -0.39 is 122 Å². The summed E-state index contributed by atoms with van der Waals surface area (Å²) in [7, 11) is 10.4. The zero-order chi connectivity index (χ0) is 48.8. The molecule has 3 aliphatic heterocycles. The van der Waals surface area contributed by atoms with Gasteiger partial charge < -0.3 is 67.7 Å².